The molecule has 1 aromatic rings. The molecule has 1 unspecified atom stereocenters. The second-order valence-electron chi connectivity index (χ2n) is 3.98. The number of carbonyl (C=O) groups is 1. The first-order valence-corrected chi connectivity index (χ1v) is 7.51. The van der Waals surface area contributed by atoms with Crippen LogP contribution in [-0.2, 0) is 14.3 Å². The van der Waals surface area contributed by atoms with Crippen molar-refractivity contribution in [3.8, 4) is 5.75 Å². The maximum absolute atomic E-state index is 11.9. The first-order chi connectivity index (χ1) is 9.47. The van der Waals surface area contributed by atoms with E-state index in [2.05, 4.69) is 37.2 Å². The van der Waals surface area contributed by atoms with Gasteiger partial charge in [-0.1, -0.05) is 15.9 Å². The molecule has 7 heteroatoms. The summed E-state index contributed by atoms with van der Waals surface area (Å²) in [6.45, 7) is 1.94. The molecule has 0 bridgehead atoms. The van der Waals surface area contributed by atoms with Gasteiger partial charge in [0.15, 0.2) is 12.4 Å². The summed E-state index contributed by atoms with van der Waals surface area (Å²) in [6.07, 6.45) is -1.09. The molecule has 0 aliphatic rings. The average Bonchev–Trinajstić information content (AvgIpc) is 2.42. The van der Waals surface area contributed by atoms with E-state index in [1.807, 2.05) is 12.1 Å². The SMILES string of the molecule is COC(CNC(=O)C(C)Oc1ccc(Br)cc1Br)OC. The van der Waals surface area contributed by atoms with Gasteiger partial charge in [-0.2, -0.15) is 0 Å². The molecule has 0 aromatic heterocycles. The molecule has 1 aromatic carbocycles. The van der Waals surface area contributed by atoms with E-state index in [4.69, 9.17) is 14.2 Å². The van der Waals surface area contributed by atoms with Crippen molar-refractivity contribution >= 4 is 37.8 Å². The van der Waals surface area contributed by atoms with Crippen LogP contribution < -0.4 is 10.1 Å². The van der Waals surface area contributed by atoms with Gasteiger partial charge in [-0.05, 0) is 41.1 Å². The number of rotatable bonds is 7. The fraction of sp³-hybridized carbons (Fsp3) is 0.462. The van der Waals surface area contributed by atoms with Crippen LogP contribution in [0.25, 0.3) is 0 Å². The maximum Gasteiger partial charge on any atom is 0.260 e. The smallest absolute Gasteiger partial charge is 0.260 e. The zero-order valence-corrected chi connectivity index (χ0v) is 14.7. The molecule has 0 saturated carbocycles. The minimum absolute atomic E-state index is 0.237. The molecule has 5 nitrogen and oxygen atoms in total. The van der Waals surface area contributed by atoms with E-state index >= 15 is 0 Å². The monoisotopic (exact) mass is 409 g/mol. The van der Waals surface area contributed by atoms with E-state index < -0.39 is 12.4 Å². The van der Waals surface area contributed by atoms with Gasteiger partial charge in [0.25, 0.3) is 5.91 Å². The summed E-state index contributed by atoms with van der Waals surface area (Å²) in [5.74, 6) is 0.366. The van der Waals surface area contributed by atoms with Gasteiger partial charge in [-0.3, -0.25) is 4.79 Å². The third kappa shape index (κ3) is 5.40. The van der Waals surface area contributed by atoms with Gasteiger partial charge in [0.1, 0.15) is 5.75 Å². The largest absolute Gasteiger partial charge is 0.480 e. The first kappa shape index (κ1) is 17.4. The van der Waals surface area contributed by atoms with Gasteiger partial charge in [-0.15, -0.1) is 0 Å². The molecular weight excluding hydrogens is 394 g/mol. The Morgan fingerprint density at radius 1 is 1.30 bits per heavy atom. The average molecular weight is 411 g/mol. The highest BCUT2D eigenvalue weighted by molar-refractivity contribution is 9.11. The number of hydrogen-bond donors (Lipinski definition) is 1. The van der Waals surface area contributed by atoms with Crippen molar-refractivity contribution in [2.75, 3.05) is 20.8 Å². The van der Waals surface area contributed by atoms with Gasteiger partial charge in [0, 0.05) is 18.7 Å². The molecule has 1 rings (SSSR count). The van der Waals surface area contributed by atoms with Crippen LogP contribution in [0.4, 0.5) is 0 Å². The zero-order valence-electron chi connectivity index (χ0n) is 11.5. The second-order valence-corrected chi connectivity index (χ2v) is 5.75. The summed E-state index contributed by atoms with van der Waals surface area (Å²) in [7, 11) is 3.03. The lowest BCUT2D eigenvalue weighted by Gasteiger charge is -2.18. The van der Waals surface area contributed by atoms with Crippen LogP contribution in [0.2, 0.25) is 0 Å². The Hall–Kier alpha value is -0.630. The molecule has 1 amide bonds. The molecule has 1 atom stereocenters. The number of amides is 1. The van der Waals surface area contributed by atoms with E-state index in [1.54, 1.807) is 13.0 Å². The van der Waals surface area contributed by atoms with Crippen LogP contribution in [0, 0.1) is 0 Å². The van der Waals surface area contributed by atoms with Crippen molar-refractivity contribution in [2.45, 2.75) is 19.3 Å². The van der Waals surface area contributed by atoms with E-state index in [1.165, 1.54) is 14.2 Å². The van der Waals surface area contributed by atoms with Gasteiger partial charge in [0.2, 0.25) is 0 Å². The van der Waals surface area contributed by atoms with Crippen molar-refractivity contribution < 1.29 is 19.0 Å². The number of halogens is 2. The lowest BCUT2D eigenvalue weighted by molar-refractivity contribution is -0.132. The fourth-order valence-electron chi connectivity index (χ4n) is 1.41. The molecule has 0 radical (unpaired) electrons. The molecule has 0 heterocycles. The predicted octanol–water partition coefficient (Wildman–Crippen LogP) is 2.71. The topological polar surface area (TPSA) is 56.8 Å². The molecular formula is C13H17Br2NO4. The number of carbonyl (C=O) groups excluding carboxylic acids is 1. The fourth-order valence-corrected chi connectivity index (χ4v) is 2.55. The number of methoxy groups -OCH3 is 2. The summed E-state index contributed by atoms with van der Waals surface area (Å²) in [6, 6.07) is 5.48. The summed E-state index contributed by atoms with van der Waals surface area (Å²) in [5, 5.41) is 2.70. The minimum Gasteiger partial charge on any atom is -0.480 e. The van der Waals surface area contributed by atoms with E-state index in [0.29, 0.717) is 5.75 Å². The van der Waals surface area contributed by atoms with Crippen molar-refractivity contribution in [1.82, 2.24) is 5.32 Å². The number of nitrogens with one attached hydrogen (secondary N) is 1. The van der Waals surface area contributed by atoms with Crippen molar-refractivity contribution in [3.05, 3.63) is 27.1 Å². The predicted molar refractivity (Wildman–Crippen MR) is 82.7 cm³/mol. The van der Waals surface area contributed by atoms with Crippen LogP contribution in [0.15, 0.2) is 27.1 Å². The van der Waals surface area contributed by atoms with Crippen LogP contribution in [0.3, 0.4) is 0 Å². The van der Waals surface area contributed by atoms with Crippen molar-refractivity contribution in [3.63, 3.8) is 0 Å². The van der Waals surface area contributed by atoms with Crippen molar-refractivity contribution in [2.24, 2.45) is 0 Å². The van der Waals surface area contributed by atoms with Crippen LogP contribution in [-0.4, -0.2) is 39.1 Å². The maximum atomic E-state index is 11.9. The standard InChI is InChI=1S/C13H17Br2NO4/c1-8(13(17)16-7-12(18-2)19-3)20-11-5-4-9(14)6-10(11)15/h4-6,8,12H,7H2,1-3H3,(H,16,17). The lowest BCUT2D eigenvalue weighted by Crippen LogP contribution is -2.41. The van der Waals surface area contributed by atoms with Crippen LogP contribution >= 0.6 is 31.9 Å². The normalized spacial score (nSPS) is 12.3. The lowest BCUT2D eigenvalue weighted by atomic mass is 10.3. The molecule has 20 heavy (non-hydrogen) atoms. The Morgan fingerprint density at radius 3 is 2.50 bits per heavy atom. The highest BCUT2D eigenvalue weighted by atomic mass is 79.9. The molecule has 1 N–H and O–H groups in total. The third-order valence-electron chi connectivity index (χ3n) is 2.54. The summed E-state index contributed by atoms with van der Waals surface area (Å²) < 4.78 is 17.3. The second kappa shape index (κ2) is 8.61. The Bertz CT molecular complexity index is 452. The molecule has 112 valence electrons. The zero-order chi connectivity index (χ0) is 15.1. The summed E-state index contributed by atoms with van der Waals surface area (Å²) in [4.78, 5) is 11.9. The van der Waals surface area contributed by atoms with Crippen molar-refractivity contribution in [1.29, 1.82) is 0 Å². The van der Waals surface area contributed by atoms with Crippen LogP contribution in [0.1, 0.15) is 6.92 Å². The summed E-state index contributed by atoms with van der Waals surface area (Å²) in [5.41, 5.74) is 0. The summed E-state index contributed by atoms with van der Waals surface area (Å²) >= 11 is 6.74. The Balaban J connectivity index is 2.53. The molecule has 0 aliphatic carbocycles. The molecule has 0 saturated heterocycles. The van der Waals surface area contributed by atoms with Gasteiger partial charge in [-0.25, -0.2) is 0 Å². The third-order valence-corrected chi connectivity index (χ3v) is 3.65. The van der Waals surface area contributed by atoms with Gasteiger partial charge >= 0.3 is 0 Å². The van der Waals surface area contributed by atoms with Gasteiger partial charge in [0.05, 0.1) is 11.0 Å². The van der Waals surface area contributed by atoms with E-state index in [0.717, 1.165) is 8.95 Å². The Kier molecular flexibility index (Phi) is 7.50. The number of benzene rings is 1. The highest BCUT2D eigenvalue weighted by Crippen LogP contribution is 2.28. The first-order valence-electron chi connectivity index (χ1n) is 5.93. The highest BCUT2D eigenvalue weighted by Gasteiger charge is 2.17. The molecule has 0 aliphatic heterocycles. The quantitative estimate of drug-likeness (QED) is 0.702. The van der Waals surface area contributed by atoms with Crippen LogP contribution in [0.5, 0.6) is 5.75 Å². The Morgan fingerprint density at radius 2 is 1.95 bits per heavy atom. The Labute approximate surface area is 135 Å². The molecule has 0 fully saturated rings. The number of ether oxygens (including phenoxy) is 3. The van der Waals surface area contributed by atoms with E-state index in [-0.39, 0.29) is 12.5 Å². The van der Waals surface area contributed by atoms with E-state index in [9.17, 15) is 4.79 Å². The number of hydrogen-bond acceptors (Lipinski definition) is 4. The molecule has 0 spiro atoms. The van der Waals surface area contributed by atoms with Gasteiger partial charge < -0.3 is 19.5 Å². The minimum atomic E-state index is -0.623.